The van der Waals surface area contributed by atoms with E-state index in [0.717, 1.165) is 11.3 Å². The van der Waals surface area contributed by atoms with Gasteiger partial charge in [-0.05, 0) is 35.7 Å². The van der Waals surface area contributed by atoms with E-state index >= 15 is 0 Å². The zero-order valence-corrected chi connectivity index (χ0v) is 14.6. The fourth-order valence-electron chi connectivity index (χ4n) is 2.44. The zero-order chi connectivity index (χ0) is 18.4. The molecule has 0 aliphatic carbocycles. The number of carbonyl (C=O) groups excluding carboxylic acids is 2. The van der Waals surface area contributed by atoms with Crippen molar-refractivity contribution in [3.8, 4) is 17.2 Å². The Balaban J connectivity index is 2.48. The molecule has 0 fully saturated rings. The highest BCUT2D eigenvalue weighted by Gasteiger charge is 2.22. The fraction of sp³-hybridized carbons (Fsp3) is 0.263. The number of rotatable bonds is 6. The summed E-state index contributed by atoms with van der Waals surface area (Å²) in [4.78, 5) is 23.5. The van der Waals surface area contributed by atoms with E-state index in [1.807, 2.05) is 24.3 Å². The lowest BCUT2D eigenvalue weighted by atomic mass is 9.98. The van der Waals surface area contributed by atoms with E-state index in [2.05, 4.69) is 0 Å². The van der Waals surface area contributed by atoms with E-state index < -0.39 is 11.9 Å². The zero-order valence-electron chi connectivity index (χ0n) is 14.6. The number of ether oxygens (including phenoxy) is 4. The van der Waals surface area contributed by atoms with Gasteiger partial charge in [0.25, 0.3) is 0 Å². The van der Waals surface area contributed by atoms with E-state index in [9.17, 15) is 9.59 Å². The van der Waals surface area contributed by atoms with Gasteiger partial charge in [-0.1, -0.05) is 12.1 Å². The van der Waals surface area contributed by atoms with Crippen molar-refractivity contribution in [2.45, 2.75) is 13.3 Å². The molecule has 0 bridgehead atoms. The summed E-state index contributed by atoms with van der Waals surface area (Å²) >= 11 is 0. The Kier molecular flexibility index (Phi) is 6.00. The van der Waals surface area contributed by atoms with Crippen molar-refractivity contribution in [3.05, 3.63) is 53.1 Å². The van der Waals surface area contributed by atoms with E-state index in [0.29, 0.717) is 17.7 Å². The number of benzene rings is 2. The number of hydrogen-bond acceptors (Lipinski definition) is 6. The molecule has 0 radical (unpaired) electrons. The number of carbonyl (C=O) groups is 2. The lowest BCUT2D eigenvalue weighted by Gasteiger charge is -2.15. The maximum absolute atomic E-state index is 12.4. The third-order valence-corrected chi connectivity index (χ3v) is 3.61. The molecule has 25 heavy (non-hydrogen) atoms. The lowest BCUT2D eigenvalue weighted by molar-refractivity contribution is -0.135. The molecule has 0 saturated heterocycles. The molecular formula is C19H20O6. The van der Waals surface area contributed by atoms with Crippen LogP contribution in [0.25, 0.3) is 0 Å². The van der Waals surface area contributed by atoms with Crippen molar-refractivity contribution in [1.29, 1.82) is 0 Å². The van der Waals surface area contributed by atoms with Gasteiger partial charge in [0.2, 0.25) is 0 Å². The maximum atomic E-state index is 12.4. The first-order valence-electron chi connectivity index (χ1n) is 7.59. The summed E-state index contributed by atoms with van der Waals surface area (Å²) in [6.45, 7) is 1.18. The van der Waals surface area contributed by atoms with Crippen molar-refractivity contribution in [2.24, 2.45) is 0 Å². The first kappa shape index (κ1) is 18.3. The van der Waals surface area contributed by atoms with Gasteiger partial charge >= 0.3 is 11.9 Å². The van der Waals surface area contributed by atoms with Crippen molar-refractivity contribution >= 4 is 11.9 Å². The monoisotopic (exact) mass is 344 g/mol. The second-order valence-electron chi connectivity index (χ2n) is 5.27. The Morgan fingerprint density at radius 1 is 0.880 bits per heavy atom. The van der Waals surface area contributed by atoms with E-state index in [-0.39, 0.29) is 11.3 Å². The normalized spacial score (nSPS) is 10.1. The molecule has 2 aromatic carbocycles. The molecule has 132 valence electrons. The largest absolute Gasteiger partial charge is 0.497 e. The summed E-state index contributed by atoms with van der Waals surface area (Å²) in [6, 6.07) is 10.8. The van der Waals surface area contributed by atoms with Gasteiger partial charge in [0.15, 0.2) is 0 Å². The molecule has 0 saturated carbocycles. The summed E-state index contributed by atoms with van der Waals surface area (Å²) in [7, 11) is 4.56. The smallest absolute Gasteiger partial charge is 0.349 e. The van der Waals surface area contributed by atoms with Gasteiger partial charge in [0.1, 0.15) is 22.8 Å². The third kappa shape index (κ3) is 4.50. The Hall–Kier alpha value is -3.02. The summed E-state index contributed by atoms with van der Waals surface area (Å²) in [5, 5.41) is 0. The van der Waals surface area contributed by atoms with Gasteiger partial charge in [-0.3, -0.25) is 4.79 Å². The van der Waals surface area contributed by atoms with Crippen LogP contribution in [0.3, 0.4) is 0 Å². The van der Waals surface area contributed by atoms with Crippen molar-refractivity contribution < 1.29 is 28.5 Å². The second kappa shape index (κ2) is 8.19. The first-order chi connectivity index (χ1) is 12.0. The Labute approximate surface area is 146 Å². The van der Waals surface area contributed by atoms with Crippen LogP contribution in [-0.2, 0) is 16.0 Å². The number of esters is 2. The summed E-state index contributed by atoms with van der Waals surface area (Å²) in [6.07, 6.45) is 0.430. The molecule has 0 unspecified atom stereocenters. The van der Waals surface area contributed by atoms with E-state index in [1.54, 1.807) is 19.2 Å². The Bertz CT molecular complexity index is 764. The van der Waals surface area contributed by atoms with Gasteiger partial charge < -0.3 is 18.9 Å². The van der Waals surface area contributed by atoms with E-state index in [1.165, 1.54) is 21.1 Å². The SMILES string of the molecule is COc1ccc(Cc2cc(OC)cc(OC)c2C(=O)OC(C)=O)cc1. The molecule has 0 N–H and O–H groups in total. The molecule has 0 aliphatic rings. The van der Waals surface area contributed by atoms with Crippen LogP contribution in [0.2, 0.25) is 0 Å². The quantitative estimate of drug-likeness (QED) is 0.593. The average molecular weight is 344 g/mol. The highest BCUT2D eigenvalue weighted by atomic mass is 16.6. The molecule has 0 atom stereocenters. The molecule has 0 aliphatic heterocycles. The van der Waals surface area contributed by atoms with Crippen LogP contribution in [0.1, 0.15) is 28.4 Å². The predicted octanol–water partition coefficient (Wildman–Crippen LogP) is 3.01. The maximum Gasteiger partial charge on any atom is 0.349 e. The number of methoxy groups -OCH3 is 3. The molecule has 0 amide bonds. The van der Waals surface area contributed by atoms with Crippen molar-refractivity contribution in [1.82, 2.24) is 0 Å². The van der Waals surface area contributed by atoms with Gasteiger partial charge in [0, 0.05) is 13.0 Å². The summed E-state index contributed by atoms with van der Waals surface area (Å²) in [5.41, 5.74) is 1.79. The minimum Gasteiger partial charge on any atom is -0.497 e. The average Bonchev–Trinajstić information content (AvgIpc) is 2.60. The Morgan fingerprint density at radius 3 is 2.04 bits per heavy atom. The van der Waals surface area contributed by atoms with Gasteiger partial charge in [-0.2, -0.15) is 0 Å². The molecule has 2 aromatic rings. The van der Waals surface area contributed by atoms with Crippen LogP contribution in [0.15, 0.2) is 36.4 Å². The number of hydrogen-bond donors (Lipinski definition) is 0. The topological polar surface area (TPSA) is 71.1 Å². The van der Waals surface area contributed by atoms with Crippen LogP contribution in [-0.4, -0.2) is 33.3 Å². The van der Waals surface area contributed by atoms with Crippen LogP contribution in [0, 0.1) is 0 Å². The molecule has 0 heterocycles. The summed E-state index contributed by atoms with van der Waals surface area (Å²) in [5.74, 6) is 0.130. The van der Waals surface area contributed by atoms with Crippen LogP contribution in [0.5, 0.6) is 17.2 Å². The minimum absolute atomic E-state index is 0.203. The molecule has 0 aromatic heterocycles. The molecular weight excluding hydrogens is 324 g/mol. The Morgan fingerprint density at radius 2 is 1.52 bits per heavy atom. The third-order valence-electron chi connectivity index (χ3n) is 3.61. The van der Waals surface area contributed by atoms with E-state index in [4.69, 9.17) is 18.9 Å². The fourth-order valence-corrected chi connectivity index (χ4v) is 2.44. The summed E-state index contributed by atoms with van der Waals surface area (Å²) < 4.78 is 20.5. The molecule has 6 nitrogen and oxygen atoms in total. The van der Waals surface area contributed by atoms with Crippen LogP contribution < -0.4 is 14.2 Å². The van der Waals surface area contributed by atoms with Gasteiger partial charge in [-0.15, -0.1) is 0 Å². The molecule has 6 heteroatoms. The first-order valence-corrected chi connectivity index (χ1v) is 7.59. The van der Waals surface area contributed by atoms with Gasteiger partial charge in [0.05, 0.1) is 21.3 Å². The highest BCUT2D eigenvalue weighted by Crippen LogP contribution is 2.31. The lowest BCUT2D eigenvalue weighted by Crippen LogP contribution is -2.14. The van der Waals surface area contributed by atoms with Gasteiger partial charge in [-0.25, -0.2) is 4.79 Å². The molecule has 0 spiro atoms. The standard InChI is InChI=1S/C19H20O6/c1-12(20)25-19(21)18-14(10-16(23-3)11-17(18)24-4)9-13-5-7-15(22-2)8-6-13/h5-8,10-11H,9H2,1-4H3. The molecule has 2 rings (SSSR count). The highest BCUT2D eigenvalue weighted by molar-refractivity contribution is 6.00. The van der Waals surface area contributed by atoms with Crippen molar-refractivity contribution in [3.63, 3.8) is 0 Å². The van der Waals surface area contributed by atoms with Crippen LogP contribution >= 0.6 is 0 Å². The predicted molar refractivity (Wildman–Crippen MR) is 91.4 cm³/mol. The van der Waals surface area contributed by atoms with Crippen LogP contribution in [0.4, 0.5) is 0 Å². The minimum atomic E-state index is -0.754. The second-order valence-corrected chi connectivity index (χ2v) is 5.27. The van der Waals surface area contributed by atoms with Crippen molar-refractivity contribution in [2.75, 3.05) is 21.3 Å².